The number of hydrogen-bond acceptors (Lipinski definition) is 1. The summed E-state index contributed by atoms with van der Waals surface area (Å²) in [6.07, 6.45) is 0. The van der Waals surface area contributed by atoms with E-state index in [-0.39, 0.29) is 0 Å². The first-order valence-electron chi connectivity index (χ1n) is 19.5. The first kappa shape index (κ1) is 31.7. The van der Waals surface area contributed by atoms with Gasteiger partial charge < -0.3 is 13.6 Å². The average Bonchev–Trinajstić information content (AvgIpc) is 3.94. The average molecular weight is 727 g/mol. The van der Waals surface area contributed by atoms with Crippen LogP contribution >= 0.6 is 0 Å². The highest BCUT2D eigenvalue weighted by Gasteiger charge is 2.19. The first-order valence-corrected chi connectivity index (χ1v) is 19.5. The molecular formula is C54H34N2O. The Morgan fingerprint density at radius 1 is 0.281 bits per heavy atom. The molecule has 0 aliphatic carbocycles. The van der Waals surface area contributed by atoms with Crippen molar-refractivity contribution < 1.29 is 4.42 Å². The van der Waals surface area contributed by atoms with Crippen molar-refractivity contribution in [1.29, 1.82) is 0 Å². The Labute approximate surface area is 328 Å². The van der Waals surface area contributed by atoms with E-state index in [1.165, 1.54) is 77.0 Å². The molecule has 0 amide bonds. The van der Waals surface area contributed by atoms with Gasteiger partial charge in [0.15, 0.2) is 0 Å². The van der Waals surface area contributed by atoms with E-state index in [2.05, 4.69) is 209 Å². The molecule has 266 valence electrons. The number of nitrogens with zero attached hydrogens (tertiary/aromatic N) is 2. The van der Waals surface area contributed by atoms with E-state index < -0.39 is 0 Å². The highest BCUT2D eigenvalue weighted by molar-refractivity contribution is 6.15. The van der Waals surface area contributed by atoms with E-state index in [9.17, 15) is 0 Å². The fourth-order valence-corrected chi connectivity index (χ4v) is 9.12. The number of benzene rings is 9. The summed E-state index contributed by atoms with van der Waals surface area (Å²) in [5, 5.41) is 7.17. The van der Waals surface area contributed by atoms with Crippen molar-refractivity contribution in [3.05, 3.63) is 206 Å². The SMILES string of the molecule is c1ccc(-c2cc(-c3ccccc3)cc(-n3c4ccccc4c4cc(-c5ccc6c(c5)c5ccccc5n6-c5cccc6oc7ccccc7c56)ccc43)c2)cc1. The summed E-state index contributed by atoms with van der Waals surface area (Å²) in [5.74, 6) is 0. The predicted octanol–water partition coefficient (Wildman–Crippen LogP) is 14.8. The molecule has 0 unspecified atom stereocenters. The maximum atomic E-state index is 6.32. The molecule has 0 atom stereocenters. The zero-order valence-electron chi connectivity index (χ0n) is 30.9. The lowest BCUT2D eigenvalue weighted by Crippen LogP contribution is -1.96. The third-order valence-electron chi connectivity index (χ3n) is 11.7. The van der Waals surface area contributed by atoms with Crippen LogP contribution in [-0.2, 0) is 0 Å². The van der Waals surface area contributed by atoms with Crippen LogP contribution in [0, 0.1) is 0 Å². The molecule has 0 saturated heterocycles. The summed E-state index contributed by atoms with van der Waals surface area (Å²) in [6.45, 7) is 0. The Hall–Kier alpha value is -7.62. The van der Waals surface area contributed by atoms with E-state index >= 15 is 0 Å². The van der Waals surface area contributed by atoms with Gasteiger partial charge in [0.05, 0.1) is 33.1 Å². The lowest BCUT2D eigenvalue weighted by atomic mass is 9.98. The molecular weight excluding hydrogens is 693 g/mol. The largest absolute Gasteiger partial charge is 0.456 e. The summed E-state index contributed by atoms with van der Waals surface area (Å²) < 4.78 is 11.2. The van der Waals surface area contributed by atoms with Crippen LogP contribution in [0.15, 0.2) is 211 Å². The van der Waals surface area contributed by atoms with Gasteiger partial charge in [-0.1, -0.05) is 133 Å². The molecule has 0 fully saturated rings. The highest BCUT2D eigenvalue weighted by Crippen LogP contribution is 2.41. The van der Waals surface area contributed by atoms with Gasteiger partial charge in [0.25, 0.3) is 0 Å². The molecule has 57 heavy (non-hydrogen) atoms. The fraction of sp³-hybridized carbons (Fsp3) is 0. The van der Waals surface area contributed by atoms with E-state index in [1.54, 1.807) is 0 Å². The Balaban J connectivity index is 1.05. The second kappa shape index (κ2) is 12.5. The van der Waals surface area contributed by atoms with Gasteiger partial charge in [-0.05, 0) is 106 Å². The fourth-order valence-electron chi connectivity index (χ4n) is 9.12. The summed E-state index contributed by atoms with van der Waals surface area (Å²) >= 11 is 0. The smallest absolute Gasteiger partial charge is 0.137 e. The zero-order chi connectivity index (χ0) is 37.5. The van der Waals surface area contributed by atoms with Gasteiger partial charge in [0.1, 0.15) is 11.2 Å². The topological polar surface area (TPSA) is 23.0 Å². The van der Waals surface area contributed by atoms with Crippen LogP contribution in [0.1, 0.15) is 0 Å². The van der Waals surface area contributed by atoms with Crippen LogP contribution in [0.5, 0.6) is 0 Å². The van der Waals surface area contributed by atoms with Crippen molar-refractivity contribution in [1.82, 2.24) is 9.13 Å². The van der Waals surface area contributed by atoms with Gasteiger partial charge in [-0.2, -0.15) is 0 Å². The normalized spacial score (nSPS) is 11.9. The Kier molecular flexibility index (Phi) is 6.93. The molecule has 0 aliphatic heterocycles. The number of rotatable bonds is 5. The molecule has 0 aliphatic rings. The zero-order valence-corrected chi connectivity index (χ0v) is 30.9. The van der Waals surface area contributed by atoms with E-state index in [0.29, 0.717) is 0 Å². The van der Waals surface area contributed by atoms with Gasteiger partial charge in [0, 0.05) is 32.6 Å². The lowest BCUT2D eigenvalue weighted by molar-refractivity contribution is 0.669. The van der Waals surface area contributed by atoms with Crippen molar-refractivity contribution >= 4 is 65.6 Å². The second-order valence-corrected chi connectivity index (χ2v) is 14.9. The van der Waals surface area contributed by atoms with E-state index in [1.807, 2.05) is 6.07 Å². The maximum absolute atomic E-state index is 6.32. The maximum Gasteiger partial charge on any atom is 0.137 e. The Morgan fingerprint density at radius 3 is 1.40 bits per heavy atom. The minimum atomic E-state index is 0.895. The third kappa shape index (κ3) is 4.92. The van der Waals surface area contributed by atoms with Crippen molar-refractivity contribution in [3.8, 4) is 44.8 Å². The van der Waals surface area contributed by atoms with Gasteiger partial charge in [-0.25, -0.2) is 0 Å². The minimum absolute atomic E-state index is 0.895. The number of hydrogen-bond donors (Lipinski definition) is 0. The molecule has 0 N–H and O–H groups in total. The molecule has 9 aromatic carbocycles. The van der Waals surface area contributed by atoms with Gasteiger partial charge in [-0.3, -0.25) is 0 Å². The summed E-state index contributed by atoms with van der Waals surface area (Å²) in [7, 11) is 0. The van der Waals surface area contributed by atoms with Gasteiger partial charge >= 0.3 is 0 Å². The van der Waals surface area contributed by atoms with Crippen LogP contribution in [-0.4, -0.2) is 9.13 Å². The summed E-state index contributed by atoms with van der Waals surface area (Å²) in [5.41, 5.74) is 15.9. The standard InChI is InChI=1S/C54H34N2O/c1-3-14-35(15-4-1)39-30-40(36-16-5-2-6-17-36)32-41(31-39)55-47-21-10-7-18-42(47)45-33-37(26-28-49(45)55)38-27-29-50-46(34-38)43-19-8-11-22-48(43)56(50)51-23-13-25-53-54(51)44-20-9-12-24-52(44)57-53/h1-34H. The molecule has 3 nitrogen and oxygen atoms in total. The van der Waals surface area contributed by atoms with Crippen molar-refractivity contribution in [2.24, 2.45) is 0 Å². The van der Waals surface area contributed by atoms with Crippen LogP contribution in [0.25, 0.3) is 110 Å². The predicted molar refractivity (Wildman–Crippen MR) is 239 cm³/mol. The molecule has 3 heterocycles. The number of furan rings is 1. The summed E-state index contributed by atoms with van der Waals surface area (Å²) in [6, 6.07) is 74.5. The van der Waals surface area contributed by atoms with Crippen LogP contribution in [0.2, 0.25) is 0 Å². The van der Waals surface area contributed by atoms with Gasteiger partial charge in [-0.15, -0.1) is 0 Å². The molecule has 0 radical (unpaired) electrons. The first-order chi connectivity index (χ1) is 28.3. The van der Waals surface area contributed by atoms with Crippen molar-refractivity contribution in [3.63, 3.8) is 0 Å². The molecule has 0 bridgehead atoms. The molecule has 12 rings (SSSR count). The molecule has 3 aromatic heterocycles. The van der Waals surface area contributed by atoms with Crippen LogP contribution in [0.4, 0.5) is 0 Å². The quantitative estimate of drug-likeness (QED) is 0.173. The van der Waals surface area contributed by atoms with E-state index in [0.717, 1.165) is 33.3 Å². The highest BCUT2D eigenvalue weighted by atomic mass is 16.3. The lowest BCUT2D eigenvalue weighted by Gasteiger charge is -2.14. The van der Waals surface area contributed by atoms with Crippen molar-refractivity contribution in [2.75, 3.05) is 0 Å². The van der Waals surface area contributed by atoms with Crippen molar-refractivity contribution in [2.45, 2.75) is 0 Å². The number of fused-ring (bicyclic) bond motifs is 9. The third-order valence-corrected chi connectivity index (χ3v) is 11.7. The minimum Gasteiger partial charge on any atom is -0.456 e. The molecule has 0 spiro atoms. The molecule has 3 heteroatoms. The van der Waals surface area contributed by atoms with E-state index in [4.69, 9.17) is 4.42 Å². The molecule has 0 saturated carbocycles. The monoisotopic (exact) mass is 726 g/mol. The molecule has 12 aromatic rings. The second-order valence-electron chi connectivity index (χ2n) is 14.9. The van der Waals surface area contributed by atoms with Crippen LogP contribution < -0.4 is 0 Å². The van der Waals surface area contributed by atoms with Gasteiger partial charge in [0.2, 0.25) is 0 Å². The Bertz CT molecular complexity index is 3450. The Morgan fingerprint density at radius 2 is 0.772 bits per heavy atom. The number of para-hydroxylation sites is 3. The van der Waals surface area contributed by atoms with Crippen LogP contribution in [0.3, 0.4) is 0 Å². The summed E-state index contributed by atoms with van der Waals surface area (Å²) in [4.78, 5) is 0. The number of aromatic nitrogens is 2.